The van der Waals surface area contributed by atoms with E-state index in [1.165, 1.54) is 17.0 Å². The number of phenols is 2. The molecule has 0 aromatic heterocycles. The Morgan fingerprint density at radius 3 is 2.65 bits per heavy atom. The molecule has 9 nitrogen and oxygen atoms in total. The number of likely N-dealkylation sites (tertiary alicyclic amines) is 1. The number of para-hydroxylation sites is 1. The number of amides is 3. The number of phenolic OH excluding ortho intramolecular Hbond substituents is 2. The fourth-order valence-corrected chi connectivity index (χ4v) is 5.79. The van der Waals surface area contributed by atoms with Gasteiger partial charge < -0.3 is 20.3 Å². The molecule has 10 heteroatoms. The second-order valence-corrected chi connectivity index (χ2v) is 9.29. The lowest BCUT2D eigenvalue weighted by Crippen LogP contribution is -2.53. The number of hydrogen-bond donors (Lipinski definition) is 4. The Bertz CT molecular complexity index is 1200. The molecule has 5 rings (SSSR count). The zero-order chi connectivity index (χ0) is 24.2. The van der Waals surface area contributed by atoms with Crippen LogP contribution in [0.4, 0.5) is 5.69 Å². The van der Waals surface area contributed by atoms with Crippen LogP contribution in [0, 0.1) is 11.8 Å². The van der Waals surface area contributed by atoms with Gasteiger partial charge in [0, 0.05) is 31.9 Å². The van der Waals surface area contributed by atoms with Crippen molar-refractivity contribution in [2.45, 2.75) is 24.4 Å². The SMILES string of the molecule is COCCCN1C(=O)[C@@H]2[C@H](Cc3ccc(O)c(O)c3)N[C@]3(C(=O)Nc4c(Cl)cccc43)[C@@H]2C1=O. The molecule has 0 unspecified atom stereocenters. The summed E-state index contributed by atoms with van der Waals surface area (Å²) in [4.78, 5) is 41.8. The van der Waals surface area contributed by atoms with Crippen molar-refractivity contribution in [1.29, 1.82) is 0 Å². The van der Waals surface area contributed by atoms with Gasteiger partial charge in [-0.3, -0.25) is 24.6 Å². The molecule has 178 valence electrons. The van der Waals surface area contributed by atoms with Gasteiger partial charge in [-0.25, -0.2) is 0 Å². The van der Waals surface area contributed by atoms with Gasteiger partial charge in [0.05, 0.1) is 22.5 Å². The average Bonchev–Trinajstić information content (AvgIpc) is 3.38. The number of rotatable bonds is 6. The van der Waals surface area contributed by atoms with E-state index in [1.54, 1.807) is 31.4 Å². The minimum absolute atomic E-state index is 0.200. The van der Waals surface area contributed by atoms with Crippen LogP contribution in [0.1, 0.15) is 17.5 Å². The van der Waals surface area contributed by atoms with Gasteiger partial charge in [0.15, 0.2) is 11.5 Å². The molecule has 0 aliphatic carbocycles. The van der Waals surface area contributed by atoms with Gasteiger partial charge in [-0.05, 0) is 36.6 Å². The largest absolute Gasteiger partial charge is 0.504 e. The zero-order valence-corrected chi connectivity index (χ0v) is 19.1. The van der Waals surface area contributed by atoms with Crippen LogP contribution in [0.3, 0.4) is 0 Å². The van der Waals surface area contributed by atoms with Crippen LogP contribution in [-0.4, -0.2) is 59.1 Å². The van der Waals surface area contributed by atoms with E-state index in [9.17, 15) is 24.6 Å². The van der Waals surface area contributed by atoms with Crippen molar-refractivity contribution < 1.29 is 29.3 Å². The molecule has 3 heterocycles. The molecule has 3 aliphatic rings. The van der Waals surface area contributed by atoms with Crippen molar-refractivity contribution >= 4 is 35.0 Å². The standard InChI is InChI=1S/C24H24ClN3O6/c1-34-9-3-8-28-21(31)18-15(10-12-6-7-16(29)17(30)11-12)27-24(19(18)22(28)32)13-4-2-5-14(25)20(13)26-23(24)33/h2,4-7,11,15,18-19,27,29-30H,3,8-10H2,1H3,(H,26,33)/t15-,18+,19-,24-/m0/s1. The van der Waals surface area contributed by atoms with E-state index < -0.39 is 35.2 Å². The predicted molar refractivity (Wildman–Crippen MR) is 122 cm³/mol. The molecule has 2 saturated heterocycles. The molecular weight excluding hydrogens is 462 g/mol. The van der Waals surface area contributed by atoms with Gasteiger partial charge >= 0.3 is 0 Å². The first-order valence-electron chi connectivity index (χ1n) is 11.0. The smallest absolute Gasteiger partial charge is 0.250 e. The maximum absolute atomic E-state index is 13.6. The number of imide groups is 1. The minimum Gasteiger partial charge on any atom is -0.504 e. The molecule has 3 aliphatic heterocycles. The van der Waals surface area contributed by atoms with Crippen molar-refractivity contribution in [2.24, 2.45) is 11.8 Å². The van der Waals surface area contributed by atoms with Crippen molar-refractivity contribution in [1.82, 2.24) is 10.2 Å². The van der Waals surface area contributed by atoms with Gasteiger partial charge in [-0.2, -0.15) is 0 Å². The summed E-state index contributed by atoms with van der Waals surface area (Å²) in [6.45, 7) is 0.594. The van der Waals surface area contributed by atoms with Gasteiger partial charge in [-0.1, -0.05) is 29.8 Å². The number of nitrogens with one attached hydrogen (secondary N) is 2. The monoisotopic (exact) mass is 485 g/mol. The topological polar surface area (TPSA) is 128 Å². The van der Waals surface area contributed by atoms with Gasteiger partial charge in [0.2, 0.25) is 17.7 Å². The van der Waals surface area contributed by atoms with E-state index in [0.717, 1.165) is 0 Å². The number of nitrogens with zero attached hydrogens (tertiary/aromatic N) is 1. The molecule has 2 aromatic carbocycles. The third-order valence-corrected chi connectivity index (χ3v) is 7.33. The van der Waals surface area contributed by atoms with Gasteiger partial charge in [0.25, 0.3) is 0 Å². The molecule has 4 N–H and O–H groups in total. The number of ether oxygens (including phenoxy) is 1. The van der Waals surface area contributed by atoms with E-state index >= 15 is 0 Å². The second kappa shape index (κ2) is 8.26. The highest BCUT2D eigenvalue weighted by Gasteiger charge is 2.70. The number of anilines is 1. The van der Waals surface area contributed by atoms with Gasteiger partial charge in [0.1, 0.15) is 5.54 Å². The lowest BCUT2D eigenvalue weighted by atomic mass is 9.76. The van der Waals surface area contributed by atoms with Crippen LogP contribution in [0.25, 0.3) is 0 Å². The molecule has 4 atom stereocenters. The van der Waals surface area contributed by atoms with E-state index in [2.05, 4.69) is 10.6 Å². The highest BCUT2D eigenvalue weighted by atomic mass is 35.5. The lowest BCUT2D eigenvalue weighted by Gasteiger charge is -2.29. The number of fused-ring (bicyclic) bond motifs is 4. The molecular formula is C24H24ClN3O6. The van der Waals surface area contributed by atoms with Crippen LogP contribution in [-0.2, 0) is 31.1 Å². The van der Waals surface area contributed by atoms with Crippen LogP contribution in [0.15, 0.2) is 36.4 Å². The third-order valence-electron chi connectivity index (χ3n) is 7.02. The summed E-state index contributed by atoms with van der Waals surface area (Å²) in [5.41, 5.74) is 0.167. The van der Waals surface area contributed by atoms with Crippen molar-refractivity contribution in [2.75, 3.05) is 25.6 Å². The average molecular weight is 486 g/mol. The predicted octanol–water partition coefficient (Wildman–Crippen LogP) is 1.75. The van der Waals surface area contributed by atoms with Crippen LogP contribution in [0.5, 0.6) is 11.5 Å². The maximum atomic E-state index is 13.6. The van der Waals surface area contributed by atoms with Crippen molar-refractivity contribution in [3.8, 4) is 11.5 Å². The molecule has 0 radical (unpaired) electrons. The van der Waals surface area contributed by atoms with E-state index in [4.69, 9.17) is 16.3 Å². The molecule has 0 saturated carbocycles. The minimum atomic E-state index is -1.45. The number of benzene rings is 2. The first kappa shape index (κ1) is 22.6. The van der Waals surface area contributed by atoms with Crippen LogP contribution in [0.2, 0.25) is 5.02 Å². The third kappa shape index (κ3) is 3.19. The van der Waals surface area contributed by atoms with Crippen molar-refractivity contribution in [3.63, 3.8) is 0 Å². The first-order valence-corrected chi connectivity index (χ1v) is 11.4. The summed E-state index contributed by atoms with van der Waals surface area (Å²) < 4.78 is 5.07. The number of aromatic hydroxyl groups is 2. The Morgan fingerprint density at radius 2 is 1.91 bits per heavy atom. The fourth-order valence-electron chi connectivity index (χ4n) is 5.57. The van der Waals surface area contributed by atoms with Crippen molar-refractivity contribution in [3.05, 3.63) is 52.5 Å². The molecule has 3 amide bonds. The fraction of sp³-hybridized carbons (Fsp3) is 0.375. The van der Waals surface area contributed by atoms with Crippen LogP contribution >= 0.6 is 11.6 Å². The number of carbonyl (C=O) groups is 3. The summed E-state index contributed by atoms with van der Waals surface area (Å²) in [6.07, 6.45) is 0.740. The molecule has 2 fully saturated rings. The van der Waals surface area contributed by atoms with Crippen LogP contribution < -0.4 is 10.6 Å². The highest BCUT2D eigenvalue weighted by Crippen LogP contribution is 2.54. The second-order valence-electron chi connectivity index (χ2n) is 8.88. The number of halogens is 1. The van der Waals surface area contributed by atoms with E-state index in [1.807, 2.05) is 0 Å². The highest BCUT2D eigenvalue weighted by molar-refractivity contribution is 6.35. The Balaban J connectivity index is 1.58. The molecule has 0 bridgehead atoms. The summed E-state index contributed by atoms with van der Waals surface area (Å²) in [6, 6.07) is 8.94. The Kier molecular flexibility index (Phi) is 5.50. The number of carbonyl (C=O) groups excluding carboxylic acids is 3. The summed E-state index contributed by atoms with van der Waals surface area (Å²) in [5.74, 6) is -3.45. The van der Waals surface area contributed by atoms with Gasteiger partial charge in [-0.15, -0.1) is 0 Å². The number of hydrogen-bond acceptors (Lipinski definition) is 7. The zero-order valence-electron chi connectivity index (χ0n) is 18.4. The summed E-state index contributed by atoms with van der Waals surface area (Å²) in [7, 11) is 1.55. The summed E-state index contributed by atoms with van der Waals surface area (Å²) >= 11 is 6.35. The quantitative estimate of drug-likeness (QED) is 0.279. The molecule has 1 spiro atoms. The van der Waals surface area contributed by atoms with E-state index in [-0.39, 0.29) is 30.4 Å². The number of methoxy groups -OCH3 is 1. The Hall–Kier alpha value is -3.14. The molecule has 2 aromatic rings. The van der Waals surface area contributed by atoms with E-state index in [0.29, 0.717) is 34.9 Å². The Labute approximate surface area is 200 Å². The Morgan fingerprint density at radius 1 is 1.12 bits per heavy atom. The maximum Gasteiger partial charge on any atom is 0.250 e. The lowest BCUT2D eigenvalue weighted by molar-refractivity contribution is -0.143. The molecule has 34 heavy (non-hydrogen) atoms. The summed E-state index contributed by atoms with van der Waals surface area (Å²) in [5, 5.41) is 26.1. The first-order chi connectivity index (χ1) is 16.3. The normalized spacial score (nSPS) is 27.4.